The van der Waals surface area contributed by atoms with E-state index in [0.717, 1.165) is 10.4 Å². The Bertz CT molecular complexity index is 618. The molecule has 0 atom stereocenters. The average molecular weight is 254 g/mol. The van der Waals surface area contributed by atoms with E-state index in [9.17, 15) is 8.42 Å². The Hall–Kier alpha value is -2.16. The van der Waals surface area contributed by atoms with Gasteiger partial charge in [0.1, 0.15) is 0 Å². The average Bonchev–Trinajstić information content (AvgIpc) is 2.64. The predicted molar refractivity (Wildman–Crippen MR) is 60.0 cm³/mol. The highest BCUT2D eigenvalue weighted by Gasteiger charge is 2.15. The minimum atomic E-state index is -3.73. The van der Waals surface area contributed by atoms with Gasteiger partial charge < -0.3 is 5.73 Å². The maximum atomic E-state index is 11.9. The van der Waals surface area contributed by atoms with E-state index in [0.29, 0.717) is 0 Å². The van der Waals surface area contributed by atoms with E-state index in [4.69, 9.17) is 5.73 Å². The summed E-state index contributed by atoms with van der Waals surface area (Å²) in [6, 6.07) is 6.35. The second-order valence-electron chi connectivity index (χ2n) is 3.36. The molecule has 0 spiro atoms. The summed E-state index contributed by atoms with van der Waals surface area (Å²) in [6.45, 7) is 1.86. The van der Waals surface area contributed by atoms with Crippen molar-refractivity contribution in [3.8, 4) is 0 Å². The molecule has 0 aliphatic heterocycles. The molecule has 0 bridgehead atoms. The molecule has 9 heteroatoms. The topological polar surface area (TPSA) is 116 Å². The third-order valence-corrected chi connectivity index (χ3v) is 3.34. The molecule has 0 amide bonds. The predicted octanol–water partition coefficient (Wildman–Crippen LogP) is -0.504. The van der Waals surface area contributed by atoms with Crippen LogP contribution in [0.2, 0.25) is 0 Å². The standard InChI is InChI=1S/C8H10N6O2S/c1-6-2-4-7(5-3-6)17(15,16)13-14-8(9)10-11-12-14/h2-5,13H,1H3,(H2,9,10,12). The minimum absolute atomic E-state index is 0.109. The van der Waals surface area contributed by atoms with Gasteiger partial charge in [-0.1, -0.05) is 22.8 Å². The first-order valence-electron chi connectivity index (χ1n) is 4.62. The number of nitrogens with two attached hydrogens (primary N) is 1. The fourth-order valence-electron chi connectivity index (χ4n) is 1.14. The van der Waals surface area contributed by atoms with E-state index >= 15 is 0 Å². The molecular formula is C8H10N6O2S. The summed E-state index contributed by atoms with van der Waals surface area (Å²) in [6.07, 6.45) is 0. The second kappa shape index (κ2) is 4.01. The van der Waals surface area contributed by atoms with E-state index in [1.54, 1.807) is 12.1 Å². The number of benzene rings is 1. The molecule has 0 aliphatic carbocycles. The largest absolute Gasteiger partial charge is 0.365 e. The van der Waals surface area contributed by atoms with Crippen molar-refractivity contribution >= 4 is 16.0 Å². The Balaban J connectivity index is 2.31. The molecule has 0 radical (unpaired) electrons. The maximum Gasteiger partial charge on any atom is 0.276 e. The zero-order valence-corrected chi connectivity index (χ0v) is 9.72. The van der Waals surface area contributed by atoms with E-state index < -0.39 is 10.0 Å². The van der Waals surface area contributed by atoms with Crippen LogP contribution in [-0.4, -0.2) is 28.7 Å². The molecule has 1 aromatic heterocycles. The molecule has 17 heavy (non-hydrogen) atoms. The van der Waals surface area contributed by atoms with Crippen LogP contribution in [0.4, 0.5) is 5.95 Å². The van der Waals surface area contributed by atoms with Crippen molar-refractivity contribution in [1.82, 2.24) is 20.3 Å². The lowest BCUT2D eigenvalue weighted by atomic mass is 10.2. The van der Waals surface area contributed by atoms with E-state index in [2.05, 4.69) is 20.4 Å². The lowest BCUT2D eigenvalue weighted by Gasteiger charge is -2.07. The number of rotatable bonds is 3. The fourth-order valence-corrected chi connectivity index (χ4v) is 2.10. The number of nitrogen functional groups attached to an aromatic ring is 1. The first-order chi connectivity index (χ1) is 7.99. The Kier molecular flexibility index (Phi) is 2.68. The van der Waals surface area contributed by atoms with E-state index in [1.165, 1.54) is 12.1 Å². The third kappa shape index (κ3) is 2.33. The van der Waals surface area contributed by atoms with Gasteiger partial charge in [0.2, 0.25) is 0 Å². The van der Waals surface area contributed by atoms with Gasteiger partial charge in [-0.3, -0.25) is 0 Å². The van der Waals surface area contributed by atoms with Crippen molar-refractivity contribution in [3.05, 3.63) is 29.8 Å². The summed E-state index contributed by atoms with van der Waals surface area (Å²) in [5.74, 6) is -0.138. The molecule has 0 unspecified atom stereocenters. The summed E-state index contributed by atoms with van der Waals surface area (Å²) in [7, 11) is -3.73. The van der Waals surface area contributed by atoms with Gasteiger partial charge in [0, 0.05) is 0 Å². The number of hydrogen-bond acceptors (Lipinski definition) is 6. The normalized spacial score (nSPS) is 11.4. The first kappa shape index (κ1) is 11.3. The number of tetrazole rings is 1. The molecular weight excluding hydrogens is 244 g/mol. The Morgan fingerprint density at radius 3 is 2.47 bits per heavy atom. The molecule has 0 fully saturated rings. The second-order valence-corrected chi connectivity index (χ2v) is 5.02. The molecule has 8 nitrogen and oxygen atoms in total. The van der Waals surface area contributed by atoms with Crippen molar-refractivity contribution in [2.75, 3.05) is 10.6 Å². The molecule has 2 aromatic rings. The Morgan fingerprint density at radius 2 is 1.94 bits per heavy atom. The van der Waals surface area contributed by atoms with Crippen molar-refractivity contribution in [3.63, 3.8) is 0 Å². The number of anilines is 1. The summed E-state index contributed by atoms with van der Waals surface area (Å²) in [5.41, 5.74) is 6.31. The lowest BCUT2D eigenvalue weighted by Crippen LogP contribution is -2.25. The zero-order chi connectivity index (χ0) is 12.5. The fraction of sp³-hybridized carbons (Fsp3) is 0.125. The first-order valence-corrected chi connectivity index (χ1v) is 6.11. The monoisotopic (exact) mass is 254 g/mol. The molecule has 1 aromatic carbocycles. The van der Waals surface area contributed by atoms with Crippen LogP contribution in [0, 0.1) is 6.92 Å². The van der Waals surface area contributed by atoms with E-state index in [-0.39, 0.29) is 10.8 Å². The highest BCUT2D eigenvalue weighted by molar-refractivity contribution is 7.92. The van der Waals surface area contributed by atoms with Gasteiger partial charge in [0.05, 0.1) is 4.90 Å². The molecule has 0 saturated heterocycles. The molecule has 2 rings (SSSR count). The zero-order valence-electron chi connectivity index (χ0n) is 8.90. The summed E-state index contributed by atoms with van der Waals surface area (Å²) < 4.78 is 23.8. The molecule has 0 aliphatic rings. The molecule has 90 valence electrons. The van der Waals surface area contributed by atoms with Crippen LogP contribution in [-0.2, 0) is 10.0 Å². The Labute approximate surface area is 97.5 Å². The number of aryl methyl sites for hydroxylation is 1. The van der Waals surface area contributed by atoms with Gasteiger partial charge in [-0.05, 0) is 29.5 Å². The van der Waals surface area contributed by atoms with Crippen LogP contribution in [0.1, 0.15) is 5.56 Å². The molecule has 3 N–H and O–H groups in total. The highest BCUT2D eigenvalue weighted by Crippen LogP contribution is 2.10. The van der Waals surface area contributed by atoms with Gasteiger partial charge >= 0.3 is 0 Å². The van der Waals surface area contributed by atoms with Crippen molar-refractivity contribution in [2.24, 2.45) is 0 Å². The highest BCUT2D eigenvalue weighted by atomic mass is 32.2. The maximum absolute atomic E-state index is 11.9. The number of aromatic nitrogens is 4. The van der Waals surface area contributed by atoms with E-state index in [1.807, 2.05) is 6.92 Å². The van der Waals surface area contributed by atoms with Gasteiger partial charge in [-0.25, -0.2) is 0 Å². The number of hydrogen-bond donors (Lipinski definition) is 2. The van der Waals surface area contributed by atoms with Gasteiger partial charge in [0.15, 0.2) is 0 Å². The minimum Gasteiger partial charge on any atom is -0.365 e. The van der Waals surface area contributed by atoms with Crippen molar-refractivity contribution in [1.29, 1.82) is 0 Å². The van der Waals surface area contributed by atoms with Gasteiger partial charge in [-0.15, -0.1) is 4.79 Å². The van der Waals surface area contributed by atoms with Crippen molar-refractivity contribution < 1.29 is 8.42 Å². The lowest BCUT2D eigenvalue weighted by molar-refractivity contribution is 0.590. The van der Waals surface area contributed by atoms with Crippen LogP contribution < -0.4 is 10.6 Å². The number of nitrogens with zero attached hydrogens (tertiary/aromatic N) is 4. The van der Waals surface area contributed by atoms with Crippen LogP contribution in [0.15, 0.2) is 29.2 Å². The number of nitrogens with one attached hydrogen (secondary N) is 1. The van der Waals surface area contributed by atoms with Crippen molar-refractivity contribution in [2.45, 2.75) is 11.8 Å². The SMILES string of the molecule is Cc1ccc(S(=O)(=O)Nn2nnnc2N)cc1. The summed E-state index contributed by atoms with van der Waals surface area (Å²) in [5, 5.41) is 9.97. The smallest absolute Gasteiger partial charge is 0.276 e. The summed E-state index contributed by atoms with van der Waals surface area (Å²) in [4.78, 5) is 3.03. The van der Waals surface area contributed by atoms with Crippen LogP contribution in [0.5, 0.6) is 0 Å². The van der Waals surface area contributed by atoms with Crippen LogP contribution in [0.25, 0.3) is 0 Å². The molecule has 0 saturated carbocycles. The number of sulfonamides is 1. The molecule has 1 heterocycles. The third-order valence-electron chi connectivity index (χ3n) is 2.03. The quantitative estimate of drug-likeness (QED) is 0.762. The van der Waals surface area contributed by atoms with Crippen LogP contribution >= 0.6 is 0 Å². The van der Waals surface area contributed by atoms with Gasteiger partial charge in [0.25, 0.3) is 16.0 Å². The van der Waals surface area contributed by atoms with Crippen LogP contribution in [0.3, 0.4) is 0 Å². The summed E-state index contributed by atoms with van der Waals surface area (Å²) >= 11 is 0. The van der Waals surface area contributed by atoms with Gasteiger partial charge in [-0.2, -0.15) is 13.2 Å². The Morgan fingerprint density at radius 1 is 1.29 bits per heavy atom.